The highest BCUT2D eigenvalue weighted by molar-refractivity contribution is 6.73. The molecule has 0 N–H and O–H groups in total. The van der Waals surface area contributed by atoms with Gasteiger partial charge in [0.2, 0.25) is 0 Å². The third kappa shape index (κ3) is 3.82. The van der Waals surface area contributed by atoms with Gasteiger partial charge in [-0.3, -0.25) is 0 Å². The van der Waals surface area contributed by atoms with Gasteiger partial charge < -0.3 is 4.43 Å². The van der Waals surface area contributed by atoms with Crippen molar-refractivity contribution in [3.8, 4) is 0 Å². The van der Waals surface area contributed by atoms with Crippen LogP contribution in [-0.4, -0.2) is 14.4 Å². The van der Waals surface area contributed by atoms with Crippen LogP contribution in [0.3, 0.4) is 0 Å². The summed E-state index contributed by atoms with van der Waals surface area (Å²) in [4.78, 5) is 0. The predicted octanol–water partition coefficient (Wildman–Crippen LogP) is 4.20. The Bertz CT molecular complexity index is 109. The second-order valence-corrected chi connectivity index (χ2v) is 8.52. The van der Waals surface area contributed by atoms with Gasteiger partial charge in [0.15, 0.2) is 8.32 Å². The van der Waals surface area contributed by atoms with E-state index in [9.17, 15) is 0 Å². The first kappa shape index (κ1) is 13.2. The fraction of sp³-hybridized carbons (Fsp3) is 1.00. The number of hydrogen-bond acceptors (Lipinski definition) is 1. The molecule has 0 aromatic carbocycles. The molecule has 2 heteroatoms. The molecule has 0 aliphatic rings. The van der Waals surface area contributed by atoms with Gasteiger partial charge in [-0.25, -0.2) is 0 Å². The van der Waals surface area contributed by atoms with E-state index in [1.807, 2.05) is 0 Å². The van der Waals surface area contributed by atoms with Gasteiger partial charge in [-0.05, 0) is 31.0 Å². The Balaban J connectivity index is 4.21. The lowest BCUT2D eigenvalue weighted by atomic mass is 10.2. The van der Waals surface area contributed by atoms with Gasteiger partial charge in [0.1, 0.15) is 0 Å². The molecule has 0 unspecified atom stereocenters. The highest BCUT2D eigenvalue weighted by Crippen LogP contribution is 2.24. The Labute approximate surface area is 85.0 Å². The molecule has 0 amide bonds. The minimum absolute atomic E-state index is 0.520. The summed E-state index contributed by atoms with van der Waals surface area (Å²) in [7, 11) is -1.32. The highest BCUT2D eigenvalue weighted by Gasteiger charge is 2.30. The lowest BCUT2D eigenvalue weighted by Crippen LogP contribution is -2.39. The van der Waals surface area contributed by atoms with Crippen LogP contribution >= 0.6 is 0 Å². The van der Waals surface area contributed by atoms with E-state index < -0.39 is 8.32 Å². The molecule has 0 saturated carbocycles. The Hall–Kier alpha value is 0.177. The van der Waals surface area contributed by atoms with E-state index in [0.717, 1.165) is 0 Å². The molecule has 1 nitrogen and oxygen atoms in total. The summed E-state index contributed by atoms with van der Waals surface area (Å²) in [6.07, 6.45) is 2.86. The van der Waals surface area contributed by atoms with Gasteiger partial charge >= 0.3 is 0 Å². The van der Waals surface area contributed by atoms with Crippen molar-refractivity contribution in [2.45, 2.75) is 71.7 Å². The predicted molar refractivity (Wildman–Crippen MR) is 62.7 cm³/mol. The van der Waals surface area contributed by atoms with Gasteiger partial charge in [-0.15, -0.1) is 0 Å². The second-order valence-electron chi connectivity index (χ2n) is 3.80. The lowest BCUT2D eigenvalue weighted by Gasteiger charge is -2.32. The molecule has 0 bridgehead atoms. The normalized spacial score (nSPS) is 12.5. The molecule has 0 rings (SSSR count). The molecular weight excluding hydrogens is 176 g/mol. The van der Waals surface area contributed by atoms with E-state index in [1.54, 1.807) is 0 Å². The van der Waals surface area contributed by atoms with E-state index in [0.29, 0.717) is 6.10 Å². The van der Waals surface area contributed by atoms with E-state index >= 15 is 0 Å². The van der Waals surface area contributed by atoms with Crippen molar-refractivity contribution >= 4 is 8.32 Å². The first-order chi connectivity index (χ1) is 6.17. The summed E-state index contributed by atoms with van der Waals surface area (Å²) in [6.45, 7) is 11.3. The topological polar surface area (TPSA) is 9.23 Å². The minimum atomic E-state index is -1.32. The fourth-order valence-corrected chi connectivity index (χ4v) is 4.85. The summed E-state index contributed by atoms with van der Waals surface area (Å²) in [5.74, 6) is 0. The zero-order valence-corrected chi connectivity index (χ0v) is 11.0. The summed E-state index contributed by atoms with van der Waals surface area (Å²) in [5.41, 5.74) is 0. The average Bonchev–Trinajstić information content (AvgIpc) is 2.21. The van der Waals surface area contributed by atoms with Crippen molar-refractivity contribution in [1.29, 1.82) is 0 Å². The van der Waals surface area contributed by atoms with Crippen molar-refractivity contribution < 1.29 is 4.43 Å². The molecule has 0 atom stereocenters. The van der Waals surface area contributed by atoms with Crippen molar-refractivity contribution in [3.63, 3.8) is 0 Å². The van der Waals surface area contributed by atoms with Crippen molar-refractivity contribution in [1.82, 2.24) is 0 Å². The monoisotopic (exact) mass is 202 g/mol. The molecule has 0 saturated heterocycles. The number of hydrogen-bond donors (Lipinski definition) is 0. The SMILES string of the molecule is CCC(CC)O[Si](CC)(CC)CC. The molecule has 80 valence electrons. The van der Waals surface area contributed by atoms with Crippen LogP contribution < -0.4 is 0 Å². The van der Waals surface area contributed by atoms with Gasteiger partial charge in [0, 0.05) is 6.10 Å². The van der Waals surface area contributed by atoms with Gasteiger partial charge in [0.25, 0.3) is 0 Å². The zero-order valence-electron chi connectivity index (χ0n) is 10.0. The lowest BCUT2D eigenvalue weighted by molar-refractivity contribution is 0.178. The first-order valence-corrected chi connectivity index (χ1v) is 8.38. The minimum Gasteiger partial charge on any atom is -0.414 e. The van der Waals surface area contributed by atoms with Crippen molar-refractivity contribution in [2.24, 2.45) is 0 Å². The van der Waals surface area contributed by atoms with Crippen LogP contribution in [-0.2, 0) is 4.43 Å². The van der Waals surface area contributed by atoms with E-state index in [-0.39, 0.29) is 0 Å². The molecule has 0 fully saturated rings. The van der Waals surface area contributed by atoms with Gasteiger partial charge in [-0.1, -0.05) is 34.6 Å². The Morgan fingerprint density at radius 1 is 0.846 bits per heavy atom. The van der Waals surface area contributed by atoms with E-state index in [4.69, 9.17) is 4.43 Å². The van der Waals surface area contributed by atoms with Crippen LogP contribution in [0.4, 0.5) is 0 Å². The van der Waals surface area contributed by atoms with Crippen LogP contribution in [0.15, 0.2) is 0 Å². The smallest absolute Gasteiger partial charge is 0.192 e. The third-order valence-electron chi connectivity index (χ3n) is 3.26. The van der Waals surface area contributed by atoms with Crippen LogP contribution in [0, 0.1) is 0 Å². The van der Waals surface area contributed by atoms with Crippen LogP contribution in [0.1, 0.15) is 47.5 Å². The zero-order chi connectivity index (χ0) is 10.3. The van der Waals surface area contributed by atoms with Crippen molar-refractivity contribution in [3.05, 3.63) is 0 Å². The molecule has 0 spiro atoms. The van der Waals surface area contributed by atoms with Crippen LogP contribution in [0.5, 0.6) is 0 Å². The molecular formula is C11H26OSi. The maximum atomic E-state index is 6.32. The standard InChI is InChI=1S/C11H26OSi/c1-6-11(7-2)12-13(8-3,9-4)10-5/h11H,6-10H2,1-5H3. The summed E-state index contributed by atoms with van der Waals surface area (Å²) >= 11 is 0. The second kappa shape index (κ2) is 6.60. The quantitative estimate of drug-likeness (QED) is 0.562. The highest BCUT2D eigenvalue weighted by atomic mass is 28.4. The van der Waals surface area contributed by atoms with E-state index in [2.05, 4.69) is 34.6 Å². The van der Waals surface area contributed by atoms with E-state index in [1.165, 1.54) is 31.0 Å². The van der Waals surface area contributed by atoms with Crippen LogP contribution in [0.25, 0.3) is 0 Å². The van der Waals surface area contributed by atoms with Crippen LogP contribution in [0.2, 0.25) is 18.1 Å². The van der Waals surface area contributed by atoms with Gasteiger partial charge in [0.05, 0.1) is 0 Å². The maximum absolute atomic E-state index is 6.32. The van der Waals surface area contributed by atoms with Crippen molar-refractivity contribution in [2.75, 3.05) is 0 Å². The van der Waals surface area contributed by atoms with Gasteiger partial charge in [-0.2, -0.15) is 0 Å². The fourth-order valence-electron chi connectivity index (χ4n) is 1.81. The molecule has 0 aromatic rings. The first-order valence-electron chi connectivity index (χ1n) is 5.85. The average molecular weight is 202 g/mol. The summed E-state index contributed by atoms with van der Waals surface area (Å²) < 4.78 is 6.32. The molecule has 0 heterocycles. The number of rotatable bonds is 7. The summed E-state index contributed by atoms with van der Waals surface area (Å²) in [6, 6.07) is 3.82. The maximum Gasteiger partial charge on any atom is 0.192 e. The molecule has 0 aliphatic carbocycles. The Morgan fingerprint density at radius 2 is 1.23 bits per heavy atom. The summed E-state index contributed by atoms with van der Waals surface area (Å²) in [5, 5.41) is 0. The molecule has 0 aromatic heterocycles. The largest absolute Gasteiger partial charge is 0.414 e. The Kier molecular flexibility index (Phi) is 6.69. The third-order valence-corrected chi connectivity index (χ3v) is 7.96. The molecule has 0 aliphatic heterocycles. The Morgan fingerprint density at radius 3 is 1.46 bits per heavy atom. The molecule has 0 radical (unpaired) electrons. The molecule has 13 heavy (non-hydrogen) atoms.